The molecule has 166 valence electrons. The maximum absolute atomic E-state index is 12.3. The van der Waals surface area contributed by atoms with Gasteiger partial charge >= 0.3 is 0 Å². The summed E-state index contributed by atoms with van der Waals surface area (Å²) in [6.07, 6.45) is 0.869. The molecule has 3 N–H and O–H groups in total. The van der Waals surface area contributed by atoms with E-state index in [0.717, 1.165) is 16.5 Å². The highest BCUT2D eigenvalue weighted by Crippen LogP contribution is 2.28. The average molecular weight is 508 g/mol. The Kier molecular flexibility index (Phi) is 9.74. The van der Waals surface area contributed by atoms with Crippen molar-refractivity contribution in [1.82, 2.24) is 16.2 Å². The minimum absolute atomic E-state index is 0.0410. The van der Waals surface area contributed by atoms with Crippen LogP contribution in [0.4, 0.5) is 0 Å². The van der Waals surface area contributed by atoms with Gasteiger partial charge in [-0.3, -0.25) is 25.8 Å². The van der Waals surface area contributed by atoms with Gasteiger partial charge in [-0.1, -0.05) is 32.9 Å². The number of thiocarbonyl (C=S) groups is 1. The van der Waals surface area contributed by atoms with Crippen LogP contribution in [0.15, 0.2) is 46.9 Å². The van der Waals surface area contributed by atoms with E-state index < -0.39 is 11.8 Å². The standard InChI is InChI=1S/C22H26BrN3O4S/c1-4-10-29-17-7-5-6-16(11-17)21(28)24-22(31)26-25-20(27)13-30-19-9-8-15(14(2)3)12-18(19)23/h5-9,11-12,14H,4,10,13H2,1-3H3,(H,25,27)(H2,24,26,28,31). The molecule has 0 aromatic heterocycles. The normalized spacial score (nSPS) is 10.4. The van der Waals surface area contributed by atoms with E-state index in [2.05, 4.69) is 45.9 Å². The van der Waals surface area contributed by atoms with Gasteiger partial charge < -0.3 is 9.47 Å². The smallest absolute Gasteiger partial charge is 0.276 e. The number of halogens is 1. The molecule has 0 aliphatic heterocycles. The van der Waals surface area contributed by atoms with Crippen LogP contribution in [0.25, 0.3) is 0 Å². The quantitative estimate of drug-likeness (QED) is 0.368. The summed E-state index contributed by atoms with van der Waals surface area (Å²) in [7, 11) is 0. The summed E-state index contributed by atoms with van der Waals surface area (Å²) in [5.74, 6) is 0.679. The summed E-state index contributed by atoms with van der Waals surface area (Å²) in [6.45, 7) is 6.54. The number of hydrogen-bond acceptors (Lipinski definition) is 5. The Morgan fingerprint density at radius 3 is 2.55 bits per heavy atom. The Balaban J connectivity index is 1.78. The average Bonchev–Trinajstić information content (AvgIpc) is 2.75. The first kappa shape index (κ1) is 24.6. The number of rotatable bonds is 8. The van der Waals surface area contributed by atoms with E-state index in [4.69, 9.17) is 21.7 Å². The summed E-state index contributed by atoms with van der Waals surface area (Å²) in [5.41, 5.74) is 6.42. The summed E-state index contributed by atoms with van der Waals surface area (Å²) in [6, 6.07) is 12.5. The van der Waals surface area contributed by atoms with E-state index in [1.165, 1.54) is 0 Å². The zero-order valence-electron chi connectivity index (χ0n) is 17.7. The molecule has 0 saturated carbocycles. The number of ether oxygens (including phenoxy) is 2. The Morgan fingerprint density at radius 2 is 1.87 bits per heavy atom. The molecule has 31 heavy (non-hydrogen) atoms. The van der Waals surface area contributed by atoms with Crippen molar-refractivity contribution in [3.8, 4) is 11.5 Å². The monoisotopic (exact) mass is 507 g/mol. The lowest BCUT2D eigenvalue weighted by Gasteiger charge is -2.13. The molecule has 0 spiro atoms. The molecule has 0 radical (unpaired) electrons. The Labute approximate surface area is 196 Å². The second-order valence-electron chi connectivity index (χ2n) is 6.97. The lowest BCUT2D eigenvalue weighted by molar-refractivity contribution is -0.123. The molecule has 0 aliphatic carbocycles. The van der Waals surface area contributed by atoms with E-state index in [1.807, 2.05) is 25.1 Å². The number of carbonyl (C=O) groups excluding carboxylic acids is 2. The fourth-order valence-electron chi connectivity index (χ4n) is 2.45. The maximum atomic E-state index is 12.3. The van der Waals surface area contributed by atoms with Gasteiger partial charge in [0.05, 0.1) is 11.1 Å². The van der Waals surface area contributed by atoms with Crippen LogP contribution in [0.1, 0.15) is 49.0 Å². The molecule has 0 aliphatic rings. The second kappa shape index (κ2) is 12.3. The van der Waals surface area contributed by atoms with Gasteiger partial charge in [0.2, 0.25) is 0 Å². The first-order valence-corrected chi connectivity index (χ1v) is 11.1. The third-order valence-corrected chi connectivity index (χ3v) is 4.92. The van der Waals surface area contributed by atoms with Crippen molar-refractivity contribution < 1.29 is 19.1 Å². The van der Waals surface area contributed by atoms with Gasteiger partial charge in [0.25, 0.3) is 11.8 Å². The van der Waals surface area contributed by atoms with Crippen LogP contribution in [0.2, 0.25) is 0 Å². The molecule has 7 nitrogen and oxygen atoms in total. The van der Waals surface area contributed by atoms with Crippen LogP contribution in [0, 0.1) is 0 Å². The van der Waals surface area contributed by atoms with Crippen LogP contribution >= 0.6 is 28.1 Å². The van der Waals surface area contributed by atoms with Crippen molar-refractivity contribution in [2.24, 2.45) is 0 Å². The molecule has 0 unspecified atom stereocenters. The van der Waals surface area contributed by atoms with Crippen LogP contribution in [-0.4, -0.2) is 30.1 Å². The fraction of sp³-hybridized carbons (Fsp3) is 0.318. The molecule has 9 heteroatoms. The first-order chi connectivity index (χ1) is 14.8. The molecule has 2 aromatic rings. The Bertz CT molecular complexity index is 937. The largest absolute Gasteiger partial charge is 0.494 e. The van der Waals surface area contributed by atoms with Crippen LogP contribution < -0.4 is 25.6 Å². The SMILES string of the molecule is CCCOc1cccc(C(=O)NC(=S)NNC(=O)COc2ccc(C(C)C)cc2Br)c1. The predicted molar refractivity (Wildman–Crippen MR) is 127 cm³/mol. The zero-order chi connectivity index (χ0) is 22.8. The molecule has 2 rings (SSSR count). The molecular weight excluding hydrogens is 482 g/mol. The molecule has 0 saturated heterocycles. The highest BCUT2D eigenvalue weighted by atomic mass is 79.9. The van der Waals surface area contributed by atoms with Gasteiger partial charge in [-0.25, -0.2) is 0 Å². The number of carbonyl (C=O) groups is 2. The van der Waals surface area contributed by atoms with E-state index in [9.17, 15) is 9.59 Å². The van der Waals surface area contributed by atoms with Crippen molar-refractivity contribution >= 4 is 45.1 Å². The summed E-state index contributed by atoms with van der Waals surface area (Å²) in [5, 5.41) is 2.46. The Morgan fingerprint density at radius 1 is 1.10 bits per heavy atom. The van der Waals surface area contributed by atoms with Crippen molar-refractivity contribution in [2.75, 3.05) is 13.2 Å². The topological polar surface area (TPSA) is 88.7 Å². The molecular formula is C22H26BrN3O4S. The number of amides is 2. The van der Waals surface area contributed by atoms with Crippen molar-refractivity contribution in [2.45, 2.75) is 33.1 Å². The van der Waals surface area contributed by atoms with Gasteiger partial charge in [-0.05, 0) is 76.4 Å². The van der Waals surface area contributed by atoms with Gasteiger partial charge in [0.1, 0.15) is 11.5 Å². The van der Waals surface area contributed by atoms with Crippen LogP contribution in [-0.2, 0) is 4.79 Å². The third-order valence-electron chi connectivity index (χ3n) is 4.09. The minimum Gasteiger partial charge on any atom is -0.494 e. The molecule has 0 atom stereocenters. The van der Waals surface area contributed by atoms with Crippen LogP contribution in [0.5, 0.6) is 11.5 Å². The summed E-state index contributed by atoms with van der Waals surface area (Å²) in [4.78, 5) is 24.3. The second-order valence-corrected chi connectivity index (χ2v) is 8.23. The molecule has 2 amide bonds. The first-order valence-electron chi connectivity index (χ1n) is 9.85. The van der Waals surface area contributed by atoms with E-state index >= 15 is 0 Å². The van der Waals surface area contributed by atoms with Crippen LogP contribution in [0.3, 0.4) is 0 Å². The summed E-state index contributed by atoms with van der Waals surface area (Å²) < 4.78 is 11.8. The highest BCUT2D eigenvalue weighted by molar-refractivity contribution is 9.10. The van der Waals surface area contributed by atoms with Gasteiger partial charge in [-0.2, -0.15) is 0 Å². The number of hydrazine groups is 1. The highest BCUT2D eigenvalue weighted by Gasteiger charge is 2.11. The van der Waals surface area contributed by atoms with E-state index in [1.54, 1.807) is 24.3 Å². The molecule has 0 fully saturated rings. The molecule has 0 heterocycles. The third kappa shape index (κ3) is 8.18. The number of hydrogen-bond donors (Lipinski definition) is 3. The lowest BCUT2D eigenvalue weighted by atomic mass is 10.0. The van der Waals surface area contributed by atoms with Crippen molar-refractivity contribution in [3.05, 3.63) is 58.1 Å². The van der Waals surface area contributed by atoms with E-state index in [-0.39, 0.29) is 11.7 Å². The molecule has 2 aromatic carbocycles. The Hall–Kier alpha value is -2.65. The predicted octanol–water partition coefficient (Wildman–Crippen LogP) is 4.08. The van der Waals surface area contributed by atoms with Gasteiger partial charge in [-0.15, -0.1) is 0 Å². The summed E-state index contributed by atoms with van der Waals surface area (Å²) >= 11 is 8.50. The zero-order valence-corrected chi connectivity index (χ0v) is 20.1. The van der Waals surface area contributed by atoms with Gasteiger partial charge in [0.15, 0.2) is 11.7 Å². The van der Waals surface area contributed by atoms with E-state index in [0.29, 0.717) is 29.6 Å². The fourth-order valence-corrected chi connectivity index (χ4v) is 3.11. The molecule has 0 bridgehead atoms. The lowest BCUT2D eigenvalue weighted by Crippen LogP contribution is -2.49. The number of benzene rings is 2. The minimum atomic E-state index is -0.452. The maximum Gasteiger partial charge on any atom is 0.276 e. The van der Waals surface area contributed by atoms with Crippen molar-refractivity contribution in [3.63, 3.8) is 0 Å². The number of nitrogens with one attached hydrogen (secondary N) is 3. The van der Waals surface area contributed by atoms with Gasteiger partial charge in [0, 0.05) is 5.56 Å². The van der Waals surface area contributed by atoms with Crippen molar-refractivity contribution in [1.29, 1.82) is 0 Å².